The van der Waals surface area contributed by atoms with Crippen molar-refractivity contribution in [2.45, 2.75) is 85.9 Å². The molecular formula is C23H43NO3. The highest BCUT2D eigenvalue weighted by molar-refractivity contribution is 5.37. The van der Waals surface area contributed by atoms with Crippen molar-refractivity contribution in [3.05, 3.63) is 35.9 Å². The van der Waals surface area contributed by atoms with Gasteiger partial charge in [0.1, 0.15) is 5.60 Å². The summed E-state index contributed by atoms with van der Waals surface area (Å²) in [6.45, 7) is 17.6. The maximum absolute atomic E-state index is 9.60. The van der Waals surface area contributed by atoms with Gasteiger partial charge in [0, 0.05) is 26.3 Å². The molecule has 1 unspecified atom stereocenters. The average Bonchev–Trinajstić information content (AvgIpc) is 3.03. The SMILES string of the molecule is CC.CC(C)(C)OC=O.CC1CCCN1Cc1ccccc1.CCCOC. The summed E-state index contributed by atoms with van der Waals surface area (Å²) in [5, 5.41) is 0. The second-order valence-electron chi connectivity index (χ2n) is 7.27. The second kappa shape index (κ2) is 18.0. The molecule has 1 saturated heterocycles. The zero-order valence-electron chi connectivity index (χ0n) is 19.0. The van der Waals surface area contributed by atoms with Crippen LogP contribution in [0.4, 0.5) is 0 Å². The van der Waals surface area contributed by atoms with Crippen LogP contribution in [0, 0.1) is 0 Å². The third-order valence-electron chi connectivity index (χ3n) is 3.73. The summed E-state index contributed by atoms with van der Waals surface area (Å²) >= 11 is 0. The van der Waals surface area contributed by atoms with Crippen LogP contribution in [-0.4, -0.2) is 43.3 Å². The van der Waals surface area contributed by atoms with Crippen molar-refractivity contribution in [3.8, 4) is 0 Å². The van der Waals surface area contributed by atoms with Gasteiger partial charge in [-0.15, -0.1) is 0 Å². The van der Waals surface area contributed by atoms with Gasteiger partial charge >= 0.3 is 0 Å². The van der Waals surface area contributed by atoms with Crippen molar-refractivity contribution in [2.75, 3.05) is 20.3 Å². The van der Waals surface area contributed by atoms with Crippen LogP contribution in [0.15, 0.2) is 30.3 Å². The quantitative estimate of drug-likeness (QED) is 0.613. The first-order valence-electron chi connectivity index (χ1n) is 10.2. The van der Waals surface area contributed by atoms with Crippen molar-refractivity contribution in [1.29, 1.82) is 0 Å². The minimum absolute atomic E-state index is 0.318. The minimum Gasteiger partial charge on any atom is -0.462 e. The molecule has 1 atom stereocenters. The van der Waals surface area contributed by atoms with Gasteiger partial charge in [-0.25, -0.2) is 0 Å². The zero-order valence-corrected chi connectivity index (χ0v) is 19.0. The Hall–Kier alpha value is -1.39. The molecule has 0 bridgehead atoms. The molecule has 1 fully saturated rings. The van der Waals surface area contributed by atoms with E-state index >= 15 is 0 Å². The number of rotatable bonds is 5. The number of benzene rings is 1. The maximum atomic E-state index is 9.60. The lowest BCUT2D eigenvalue weighted by Crippen LogP contribution is -2.25. The Bertz CT molecular complexity index is 427. The standard InChI is InChI=1S/C12H17N.C5H10O2.C4H10O.C2H6/c1-11-6-5-9-13(11)10-12-7-3-2-4-8-12;1-5(2,3)7-4-6;1-3-4-5-2;1-2/h2-4,7-8,11H,5-6,9-10H2,1H3;4H,1-3H3;3-4H2,1-2H3;1-2H3. The molecule has 0 N–H and O–H groups in total. The van der Waals surface area contributed by atoms with Crippen LogP contribution in [0.3, 0.4) is 0 Å². The molecule has 1 aliphatic heterocycles. The third kappa shape index (κ3) is 17.8. The first-order chi connectivity index (χ1) is 12.8. The number of hydrogen-bond acceptors (Lipinski definition) is 4. The van der Waals surface area contributed by atoms with Gasteiger partial charge in [0.15, 0.2) is 0 Å². The number of carbonyl (C=O) groups excluding carboxylic acids is 1. The highest BCUT2D eigenvalue weighted by Crippen LogP contribution is 2.18. The largest absolute Gasteiger partial charge is 0.462 e. The lowest BCUT2D eigenvalue weighted by atomic mass is 10.2. The summed E-state index contributed by atoms with van der Waals surface area (Å²) < 4.78 is 9.24. The van der Waals surface area contributed by atoms with Gasteiger partial charge in [-0.2, -0.15) is 0 Å². The Labute approximate surface area is 168 Å². The molecule has 1 aromatic carbocycles. The number of nitrogens with zero attached hydrogens (tertiary/aromatic N) is 1. The number of hydrogen-bond donors (Lipinski definition) is 0. The molecule has 158 valence electrons. The normalized spacial score (nSPS) is 15.9. The molecule has 0 saturated carbocycles. The fraction of sp³-hybridized carbons (Fsp3) is 0.696. The number of likely N-dealkylation sites (tertiary alicyclic amines) is 1. The van der Waals surface area contributed by atoms with Crippen LogP contribution >= 0.6 is 0 Å². The van der Waals surface area contributed by atoms with Crippen LogP contribution in [0.1, 0.15) is 73.3 Å². The molecule has 0 spiro atoms. The zero-order chi connectivity index (χ0) is 21.1. The topological polar surface area (TPSA) is 38.8 Å². The molecule has 0 amide bonds. The molecule has 1 aliphatic rings. The van der Waals surface area contributed by atoms with Gasteiger partial charge in [-0.1, -0.05) is 51.1 Å². The van der Waals surface area contributed by atoms with Gasteiger partial charge in [-0.05, 0) is 59.1 Å². The number of carbonyl (C=O) groups is 1. The van der Waals surface area contributed by atoms with Crippen molar-refractivity contribution >= 4 is 6.47 Å². The Morgan fingerprint density at radius 3 is 2.07 bits per heavy atom. The lowest BCUT2D eigenvalue weighted by Gasteiger charge is -2.20. The predicted octanol–water partition coefficient (Wildman–Crippen LogP) is 5.70. The lowest BCUT2D eigenvalue weighted by molar-refractivity contribution is -0.138. The monoisotopic (exact) mass is 381 g/mol. The van der Waals surface area contributed by atoms with Crippen molar-refractivity contribution in [3.63, 3.8) is 0 Å². The van der Waals surface area contributed by atoms with Crippen molar-refractivity contribution in [1.82, 2.24) is 4.90 Å². The molecule has 2 rings (SSSR count). The van der Waals surface area contributed by atoms with Crippen LogP contribution in [0.2, 0.25) is 0 Å². The van der Waals surface area contributed by atoms with Crippen LogP contribution in [0.5, 0.6) is 0 Å². The van der Waals surface area contributed by atoms with E-state index in [2.05, 4.69) is 53.8 Å². The summed E-state index contributed by atoms with van der Waals surface area (Å²) in [4.78, 5) is 12.2. The summed E-state index contributed by atoms with van der Waals surface area (Å²) in [5.41, 5.74) is 1.12. The summed E-state index contributed by atoms with van der Waals surface area (Å²) in [6.07, 6.45) is 3.86. The van der Waals surface area contributed by atoms with Gasteiger partial charge in [0.25, 0.3) is 6.47 Å². The van der Waals surface area contributed by atoms with E-state index in [1.165, 1.54) is 24.9 Å². The average molecular weight is 382 g/mol. The molecule has 1 aromatic rings. The molecular weight excluding hydrogens is 338 g/mol. The minimum atomic E-state index is -0.318. The fourth-order valence-electron chi connectivity index (χ4n) is 2.39. The van der Waals surface area contributed by atoms with Crippen LogP contribution in [0.25, 0.3) is 0 Å². The van der Waals surface area contributed by atoms with Gasteiger partial charge < -0.3 is 9.47 Å². The number of methoxy groups -OCH3 is 1. The van der Waals surface area contributed by atoms with Gasteiger partial charge in [0.05, 0.1) is 0 Å². The molecule has 0 aliphatic carbocycles. The molecule has 4 nitrogen and oxygen atoms in total. The highest BCUT2D eigenvalue weighted by Gasteiger charge is 2.19. The highest BCUT2D eigenvalue weighted by atomic mass is 16.5. The Morgan fingerprint density at radius 2 is 1.78 bits per heavy atom. The van der Waals surface area contributed by atoms with E-state index in [9.17, 15) is 4.79 Å². The van der Waals surface area contributed by atoms with E-state index in [-0.39, 0.29) is 5.60 Å². The molecule has 1 heterocycles. The van der Waals surface area contributed by atoms with E-state index in [1.54, 1.807) is 7.11 Å². The van der Waals surface area contributed by atoms with Crippen LogP contribution < -0.4 is 0 Å². The maximum Gasteiger partial charge on any atom is 0.293 e. The summed E-state index contributed by atoms with van der Waals surface area (Å²) in [6, 6.07) is 11.5. The van der Waals surface area contributed by atoms with E-state index in [1.807, 2.05) is 34.6 Å². The molecule has 0 radical (unpaired) electrons. The van der Waals surface area contributed by atoms with Gasteiger partial charge in [0.2, 0.25) is 0 Å². The van der Waals surface area contributed by atoms with Gasteiger partial charge in [-0.3, -0.25) is 9.69 Å². The number of ether oxygens (including phenoxy) is 2. The molecule has 4 heteroatoms. The molecule has 0 aromatic heterocycles. The summed E-state index contributed by atoms with van der Waals surface area (Å²) in [7, 11) is 1.71. The van der Waals surface area contributed by atoms with Crippen molar-refractivity contribution < 1.29 is 14.3 Å². The fourth-order valence-corrected chi connectivity index (χ4v) is 2.39. The Balaban J connectivity index is 0. The Kier molecular flexibility index (Phi) is 18.5. The predicted molar refractivity (Wildman–Crippen MR) is 116 cm³/mol. The summed E-state index contributed by atoms with van der Waals surface area (Å²) in [5.74, 6) is 0. The van der Waals surface area contributed by atoms with E-state index in [0.717, 1.165) is 25.6 Å². The third-order valence-corrected chi connectivity index (χ3v) is 3.73. The Morgan fingerprint density at radius 1 is 1.19 bits per heavy atom. The van der Waals surface area contributed by atoms with E-state index in [0.29, 0.717) is 6.47 Å². The smallest absolute Gasteiger partial charge is 0.293 e. The van der Waals surface area contributed by atoms with Crippen molar-refractivity contribution in [2.24, 2.45) is 0 Å². The van der Waals surface area contributed by atoms with Crippen LogP contribution in [-0.2, 0) is 20.8 Å². The second-order valence-corrected chi connectivity index (χ2v) is 7.27. The van der Waals surface area contributed by atoms with E-state index < -0.39 is 0 Å². The first-order valence-corrected chi connectivity index (χ1v) is 10.2. The first kappa shape index (κ1) is 27.8. The molecule has 27 heavy (non-hydrogen) atoms. The van der Waals surface area contributed by atoms with E-state index in [4.69, 9.17) is 4.74 Å².